The predicted octanol–water partition coefficient (Wildman–Crippen LogP) is 0.400. The second kappa shape index (κ2) is 4.02. The van der Waals surface area contributed by atoms with E-state index in [4.69, 9.17) is 10.0 Å². The number of halogens is 2. The van der Waals surface area contributed by atoms with Crippen molar-refractivity contribution in [1.29, 1.82) is 0 Å². The fourth-order valence-corrected chi connectivity index (χ4v) is 1.34. The van der Waals surface area contributed by atoms with Gasteiger partial charge < -0.3 is 10.0 Å². The molecule has 0 aliphatic carbocycles. The van der Waals surface area contributed by atoms with Crippen LogP contribution in [0.1, 0.15) is 5.56 Å². The van der Waals surface area contributed by atoms with Crippen molar-refractivity contribution in [3.8, 4) is 0 Å². The summed E-state index contributed by atoms with van der Waals surface area (Å²) in [6.07, 6.45) is 0. The third-order valence-corrected chi connectivity index (χ3v) is 2.13. The van der Waals surface area contributed by atoms with E-state index in [0.29, 0.717) is 10.9 Å². The van der Waals surface area contributed by atoms with E-state index in [1.54, 1.807) is 12.1 Å². The van der Waals surface area contributed by atoms with Gasteiger partial charge >= 0.3 is 7.12 Å². The van der Waals surface area contributed by atoms with Crippen LogP contribution in [-0.4, -0.2) is 17.2 Å². The minimum absolute atomic E-state index is 0.0908. The number of hydrogen-bond acceptors (Lipinski definition) is 2. The van der Waals surface area contributed by atoms with Crippen molar-refractivity contribution in [3.05, 3.63) is 29.6 Å². The Morgan fingerprint density at radius 3 is 2.58 bits per heavy atom. The molecule has 0 saturated heterocycles. The van der Waals surface area contributed by atoms with Crippen LogP contribution in [0.15, 0.2) is 18.2 Å². The number of hydrogen-bond donors (Lipinski definition) is 2. The minimum atomic E-state index is -1.75. The largest absolute Gasteiger partial charge is 0.491 e. The summed E-state index contributed by atoms with van der Waals surface area (Å²) in [6.45, 7) is 0. The Morgan fingerprint density at radius 2 is 2.08 bits per heavy atom. The second-order valence-electron chi connectivity index (χ2n) is 2.33. The van der Waals surface area contributed by atoms with Gasteiger partial charge in [0.25, 0.3) is 0 Å². The molecule has 0 unspecified atom stereocenters. The Hall–Kier alpha value is -0.385. The molecule has 64 valence electrons. The summed E-state index contributed by atoms with van der Waals surface area (Å²) in [5.74, 6) is -0.565. The number of benzene rings is 1. The first-order valence-electron chi connectivity index (χ1n) is 3.36. The molecule has 0 atom stereocenters. The van der Waals surface area contributed by atoms with Gasteiger partial charge in [0.2, 0.25) is 0 Å². The topological polar surface area (TPSA) is 40.5 Å². The van der Waals surface area contributed by atoms with E-state index in [9.17, 15) is 4.39 Å². The van der Waals surface area contributed by atoms with Crippen LogP contribution in [0.5, 0.6) is 0 Å². The van der Waals surface area contributed by atoms with Crippen molar-refractivity contribution in [2.45, 2.75) is 5.33 Å². The summed E-state index contributed by atoms with van der Waals surface area (Å²) in [4.78, 5) is 0. The lowest BCUT2D eigenvalue weighted by molar-refractivity contribution is 0.423. The molecule has 0 spiro atoms. The van der Waals surface area contributed by atoms with E-state index in [0.717, 1.165) is 0 Å². The maximum absolute atomic E-state index is 13.2. The first kappa shape index (κ1) is 9.70. The van der Waals surface area contributed by atoms with Crippen LogP contribution in [0.4, 0.5) is 4.39 Å². The lowest BCUT2D eigenvalue weighted by Gasteiger charge is -2.04. The summed E-state index contributed by atoms with van der Waals surface area (Å²) < 4.78 is 13.2. The molecule has 0 bridgehead atoms. The van der Waals surface area contributed by atoms with Crippen molar-refractivity contribution in [2.24, 2.45) is 0 Å². The van der Waals surface area contributed by atoms with Crippen molar-refractivity contribution < 1.29 is 14.4 Å². The van der Waals surface area contributed by atoms with Gasteiger partial charge in [-0.05, 0) is 5.56 Å². The van der Waals surface area contributed by atoms with E-state index in [1.807, 2.05) is 0 Å². The zero-order valence-electron chi connectivity index (χ0n) is 6.17. The molecule has 1 aromatic carbocycles. The van der Waals surface area contributed by atoms with E-state index in [2.05, 4.69) is 15.9 Å². The van der Waals surface area contributed by atoms with E-state index < -0.39 is 12.9 Å². The molecule has 0 aliphatic heterocycles. The van der Waals surface area contributed by atoms with Crippen LogP contribution in [0.2, 0.25) is 0 Å². The average molecular weight is 233 g/mol. The van der Waals surface area contributed by atoms with Gasteiger partial charge in [0.15, 0.2) is 0 Å². The van der Waals surface area contributed by atoms with E-state index >= 15 is 0 Å². The van der Waals surface area contributed by atoms with Gasteiger partial charge in [-0.3, -0.25) is 0 Å². The Bertz CT molecular complexity index is 280. The van der Waals surface area contributed by atoms with Crippen LogP contribution in [0.25, 0.3) is 0 Å². The van der Waals surface area contributed by atoms with Crippen LogP contribution < -0.4 is 5.46 Å². The molecule has 0 radical (unpaired) electrons. The van der Waals surface area contributed by atoms with Crippen LogP contribution in [-0.2, 0) is 5.33 Å². The van der Waals surface area contributed by atoms with Gasteiger partial charge in [0, 0.05) is 10.8 Å². The molecule has 2 nitrogen and oxygen atoms in total. The molecule has 0 fully saturated rings. The Morgan fingerprint density at radius 1 is 1.42 bits per heavy atom. The monoisotopic (exact) mass is 232 g/mol. The maximum Gasteiger partial charge on any atom is 0.491 e. The predicted molar refractivity (Wildman–Crippen MR) is 48.9 cm³/mol. The molecule has 1 aromatic rings. The van der Waals surface area contributed by atoms with Gasteiger partial charge in [-0.25, -0.2) is 4.39 Å². The molecule has 0 aromatic heterocycles. The lowest BCUT2D eigenvalue weighted by atomic mass is 9.79. The Balaban J connectivity index is 3.14. The van der Waals surface area contributed by atoms with Crippen molar-refractivity contribution in [1.82, 2.24) is 0 Å². The van der Waals surface area contributed by atoms with Crippen molar-refractivity contribution >= 4 is 28.5 Å². The third kappa shape index (κ3) is 1.85. The lowest BCUT2D eigenvalue weighted by Crippen LogP contribution is -2.33. The molecule has 0 amide bonds. The smallest absolute Gasteiger partial charge is 0.423 e. The first-order valence-corrected chi connectivity index (χ1v) is 4.48. The highest BCUT2D eigenvalue weighted by molar-refractivity contribution is 9.08. The van der Waals surface area contributed by atoms with E-state index in [-0.39, 0.29) is 5.46 Å². The maximum atomic E-state index is 13.2. The quantitative estimate of drug-likeness (QED) is 0.573. The SMILES string of the molecule is OB(O)c1cccc(CBr)c1F. The van der Waals surface area contributed by atoms with Gasteiger partial charge in [-0.1, -0.05) is 34.1 Å². The highest BCUT2D eigenvalue weighted by atomic mass is 79.9. The molecule has 2 N–H and O–H groups in total. The molecule has 12 heavy (non-hydrogen) atoms. The molecule has 1 rings (SSSR count). The highest BCUT2D eigenvalue weighted by Gasteiger charge is 2.17. The molecular weight excluding hydrogens is 226 g/mol. The molecular formula is C7H7BBrFO2. The van der Waals surface area contributed by atoms with Gasteiger partial charge in [-0.15, -0.1) is 0 Å². The molecule has 0 saturated carbocycles. The summed E-state index contributed by atoms with van der Waals surface area (Å²) in [5, 5.41) is 17.8. The van der Waals surface area contributed by atoms with Gasteiger partial charge in [-0.2, -0.15) is 0 Å². The van der Waals surface area contributed by atoms with Crippen molar-refractivity contribution in [2.75, 3.05) is 0 Å². The van der Waals surface area contributed by atoms with Crippen molar-refractivity contribution in [3.63, 3.8) is 0 Å². The fraction of sp³-hybridized carbons (Fsp3) is 0.143. The zero-order valence-corrected chi connectivity index (χ0v) is 7.75. The fourth-order valence-electron chi connectivity index (χ4n) is 0.902. The number of alkyl halides is 1. The van der Waals surface area contributed by atoms with Gasteiger partial charge in [0.1, 0.15) is 5.82 Å². The Labute approximate surface area is 78.3 Å². The summed E-state index contributed by atoms with van der Waals surface area (Å²) in [6, 6.07) is 4.50. The van der Waals surface area contributed by atoms with Crippen LogP contribution >= 0.6 is 15.9 Å². The van der Waals surface area contributed by atoms with Gasteiger partial charge in [0.05, 0.1) is 0 Å². The normalized spacial score (nSPS) is 10.0. The summed E-state index contributed by atoms with van der Waals surface area (Å²) >= 11 is 3.09. The third-order valence-electron chi connectivity index (χ3n) is 1.53. The summed E-state index contributed by atoms with van der Waals surface area (Å²) in [5.41, 5.74) is 0.326. The number of rotatable bonds is 2. The standard InChI is InChI=1S/C7H7BBrFO2/c9-4-5-2-1-3-6(7(5)10)8(11)12/h1-3,11-12H,4H2. The highest BCUT2D eigenvalue weighted by Crippen LogP contribution is 2.08. The molecule has 0 aliphatic rings. The summed E-state index contributed by atoms with van der Waals surface area (Å²) in [7, 11) is -1.75. The second-order valence-corrected chi connectivity index (χ2v) is 2.89. The van der Waals surface area contributed by atoms with Crippen LogP contribution in [0.3, 0.4) is 0 Å². The molecule has 5 heteroatoms. The van der Waals surface area contributed by atoms with E-state index in [1.165, 1.54) is 6.07 Å². The Kier molecular flexibility index (Phi) is 3.25. The minimum Gasteiger partial charge on any atom is -0.423 e. The zero-order chi connectivity index (χ0) is 9.14. The first-order chi connectivity index (χ1) is 5.66. The van der Waals surface area contributed by atoms with Crippen LogP contribution in [0, 0.1) is 5.82 Å². The average Bonchev–Trinajstić information content (AvgIpc) is 2.04. The molecule has 0 heterocycles.